The lowest BCUT2D eigenvalue weighted by Crippen LogP contribution is -2.19. The monoisotopic (exact) mass is 269 g/mol. The molecule has 0 spiro atoms. The van der Waals surface area contributed by atoms with Gasteiger partial charge in [-0.05, 0) is 43.7 Å². The fourth-order valence-corrected chi connectivity index (χ4v) is 3.09. The molecule has 3 heteroatoms. The van der Waals surface area contributed by atoms with Crippen molar-refractivity contribution in [3.8, 4) is 0 Å². The maximum atomic E-state index is 13.8. The molecule has 0 radical (unpaired) electrons. The van der Waals surface area contributed by atoms with Gasteiger partial charge in [-0.3, -0.25) is 0 Å². The highest BCUT2D eigenvalue weighted by Gasteiger charge is 2.19. The number of rotatable bonds is 4. The van der Waals surface area contributed by atoms with Crippen LogP contribution >= 0.6 is 11.8 Å². The van der Waals surface area contributed by atoms with Crippen molar-refractivity contribution in [2.45, 2.75) is 57.2 Å². The molecule has 0 saturated heterocycles. The van der Waals surface area contributed by atoms with E-state index in [2.05, 4.69) is 39.9 Å². The Labute approximate surface area is 115 Å². The van der Waals surface area contributed by atoms with Gasteiger partial charge in [0, 0.05) is 15.7 Å². The molecule has 102 valence electrons. The van der Waals surface area contributed by atoms with E-state index in [1.165, 1.54) is 4.90 Å². The van der Waals surface area contributed by atoms with Gasteiger partial charge in [-0.2, -0.15) is 0 Å². The largest absolute Gasteiger partial charge is 0.310 e. The van der Waals surface area contributed by atoms with Crippen LogP contribution in [-0.2, 0) is 0 Å². The molecule has 0 amide bonds. The number of hydrogen-bond donors (Lipinski definition) is 1. The van der Waals surface area contributed by atoms with Crippen LogP contribution in [0.1, 0.15) is 51.8 Å². The van der Waals surface area contributed by atoms with Crippen molar-refractivity contribution in [1.82, 2.24) is 5.32 Å². The van der Waals surface area contributed by atoms with E-state index in [0.29, 0.717) is 5.56 Å². The summed E-state index contributed by atoms with van der Waals surface area (Å²) in [7, 11) is 0. The molecule has 18 heavy (non-hydrogen) atoms. The van der Waals surface area contributed by atoms with Gasteiger partial charge in [-0.1, -0.05) is 27.7 Å². The topological polar surface area (TPSA) is 12.0 Å². The molecule has 1 N–H and O–H groups in total. The van der Waals surface area contributed by atoms with Crippen molar-refractivity contribution in [3.05, 3.63) is 29.1 Å². The summed E-state index contributed by atoms with van der Waals surface area (Å²) in [5.41, 5.74) is 1.77. The third-order valence-corrected chi connectivity index (χ3v) is 3.87. The molecule has 0 bridgehead atoms. The van der Waals surface area contributed by atoms with Crippen molar-refractivity contribution in [1.29, 1.82) is 0 Å². The summed E-state index contributed by atoms with van der Waals surface area (Å²) in [6, 6.07) is 3.82. The lowest BCUT2D eigenvalue weighted by atomic mass is 10.1. The first-order valence-corrected chi connectivity index (χ1v) is 7.28. The van der Waals surface area contributed by atoms with E-state index < -0.39 is 0 Å². The Kier molecular flexibility index (Phi) is 5.23. The van der Waals surface area contributed by atoms with Crippen LogP contribution in [0.4, 0.5) is 4.39 Å². The number of nitrogens with one attached hydrogen (secondary N) is 1. The average Bonchev–Trinajstić information content (AvgIpc) is 2.21. The maximum Gasteiger partial charge on any atom is 0.126 e. The zero-order chi connectivity index (χ0) is 13.9. The number of hydrogen-bond acceptors (Lipinski definition) is 2. The van der Waals surface area contributed by atoms with Crippen LogP contribution in [-0.4, -0.2) is 11.3 Å². The van der Waals surface area contributed by atoms with Crippen LogP contribution < -0.4 is 5.32 Å². The van der Waals surface area contributed by atoms with Gasteiger partial charge in [-0.25, -0.2) is 4.39 Å². The zero-order valence-corrected chi connectivity index (χ0v) is 13.0. The second kappa shape index (κ2) is 6.07. The van der Waals surface area contributed by atoms with E-state index in [4.69, 9.17) is 0 Å². The second-order valence-electron chi connectivity index (χ2n) is 5.63. The van der Waals surface area contributed by atoms with Crippen LogP contribution in [0.15, 0.2) is 17.0 Å². The summed E-state index contributed by atoms with van der Waals surface area (Å²) in [6.07, 6.45) is 0. The van der Waals surface area contributed by atoms with Crippen molar-refractivity contribution < 1.29 is 4.39 Å². The molecule has 0 aromatic heterocycles. The summed E-state index contributed by atoms with van der Waals surface area (Å²) >= 11 is 1.80. The molecule has 1 atom stereocenters. The lowest BCUT2D eigenvalue weighted by molar-refractivity contribution is 0.570. The van der Waals surface area contributed by atoms with E-state index in [0.717, 1.165) is 12.1 Å². The van der Waals surface area contributed by atoms with E-state index in [9.17, 15) is 4.39 Å². The average molecular weight is 269 g/mol. The van der Waals surface area contributed by atoms with Gasteiger partial charge in [0.1, 0.15) is 5.82 Å². The van der Waals surface area contributed by atoms with Gasteiger partial charge >= 0.3 is 0 Å². The maximum absolute atomic E-state index is 13.8. The van der Waals surface area contributed by atoms with Crippen molar-refractivity contribution >= 4 is 11.8 Å². The molecule has 1 nitrogen and oxygen atoms in total. The number of halogens is 1. The first kappa shape index (κ1) is 15.5. The van der Waals surface area contributed by atoms with Crippen LogP contribution in [0.25, 0.3) is 0 Å². The van der Waals surface area contributed by atoms with E-state index >= 15 is 0 Å². The Hall–Kier alpha value is -0.540. The predicted molar refractivity (Wildman–Crippen MR) is 78.8 cm³/mol. The minimum atomic E-state index is -0.118. The Morgan fingerprint density at radius 2 is 1.94 bits per heavy atom. The molecule has 1 rings (SSSR count). The molecule has 1 aromatic carbocycles. The van der Waals surface area contributed by atoms with Gasteiger partial charge in [0.15, 0.2) is 0 Å². The highest BCUT2D eigenvalue weighted by molar-refractivity contribution is 8.00. The van der Waals surface area contributed by atoms with Gasteiger partial charge in [0.2, 0.25) is 0 Å². The second-order valence-corrected chi connectivity index (χ2v) is 7.50. The first-order valence-electron chi connectivity index (χ1n) is 6.47. The minimum absolute atomic E-state index is 0.118. The van der Waals surface area contributed by atoms with Crippen LogP contribution in [0, 0.1) is 12.7 Å². The van der Waals surface area contributed by atoms with Gasteiger partial charge < -0.3 is 5.32 Å². The third kappa shape index (κ3) is 4.29. The quantitative estimate of drug-likeness (QED) is 0.795. The summed E-state index contributed by atoms with van der Waals surface area (Å²) in [4.78, 5) is 1.18. The Morgan fingerprint density at radius 1 is 1.33 bits per heavy atom. The Morgan fingerprint density at radius 3 is 2.44 bits per heavy atom. The summed E-state index contributed by atoms with van der Waals surface area (Å²) in [6.45, 7) is 13.4. The third-order valence-electron chi connectivity index (χ3n) is 2.68. The fraction of sp³-hybridized carbons (Fsp3) is 0.600. The van der Waals surface area contributed by atoms with Gasteiger partial charge in [0.25, 0.3) is 0 Å². The number of aryl methyl sites for hydroxylation is 1. The van der Waals surface area contributed by atoms with E-state index in [1.54, 1.807) is 17.8 Å². The standard InChI is InChI=1S/C15H24FNS/c1-7-17-11(3)12-9-13(16)10(2)8-14(12)18-15(4,5)6/h8-9,11,17H,7H2,1-6H3. The van der Waals surface area contributed by atoms with Gasteiger partial charge in [-0.15, -0.1) is 11.8 Å². The molecule has 0 heterocycles. The van der Waals surface area contributed by atoms with Crippen molar-refractivity contribution in [2.75, 3.05) is 6.54 Å². The molecule has 0 aliphatic rings. The normalized spacial score (nSPS) is 13.7. The first-order chi connectivity index (χ1) is 8.24. The summed E-state index contributed by atoms with van der Waals surface area (Å²) < 4.78 is 13.9. The molecule has 1 aromatic rings. The molecular formula is C15H24FNS. The molecule has 0 aliphatic carbocycles. The van der Waals surface area contributed by atoms with Crippen molar-refractivity contribution in [2.24, 2.45) is 0 Å². The SMILES string of the molecule is CCNC(C)c1cc(F)c(C)cc1SC(C)(C)C. The van der Waals surface area contributed by atoms with Crippen molar-refractivity contribution in [3.63, 3.8) is 0 Å². The molecule has 0 aliphatic heterocycles. The number of benzene rings is 1. The highest BCUT2D eigenvalue weighted by atomic mass is 32.2. The summed E-state index contributed by atoms with van der Waals surface area (Å²) in [5.74, 6) is -0.118. The molecule has 0 saturated carbocycles. The minimum Gasteiger partial charge on any atom is -0.310 e. The van der Waals surface area contributed by atoms with Crippen LogP contribution in [0.2, 0.25) is 0 Å². The number of thioether (sulfide) groups is 1. The predicted octanol–water partition coefficient (Wildman–Crippen LogP) is 4.70. The zero-order valence-electron chi connectivity index (χ0n) is 12.2. The Balaban J connectivity index is 3.16. The van der Waals surface area contributed by atoms with Gasteiger partial charge in [0.05, 0.1) is 0 Å². The summed E-state index contributed by atoms with van der Waals surface area (Å²) in [5, 5.41) is 3.35. The van der Waals surface area contributed by atoms with Crippen LogP contribution in [0.5, 0.6) is 0 Å². The molecular weight excluding hydrogens is 245 g/mol. The fourth-order valence-electron chi connectivity index (χ4n) is 1.84. The van der Waals surface area contributed by atoms with Crippen LogP contribution in [0.3, 0.4) is 0 Å². The van der Waals surface area contributed by atoms with E-state index in [1.807, 2.05) is 13.0 Å². The molecule has 1 unspecified atom stereocenters. The van der Waals surface area contributed by atoms with E-state index in [-0.39, 0.29) is 16.6 Å². The highest BCUT2D eigenvalue weighted by Crippen LogP contribution is 2.37. The molecule has 0 fully saturated rings. The Bertz CT molecular complexity index is 410. The smallest absolute Gasteiger partial charge is 0.126 e. The lowest BCUT2D eigenvalue weighted by Gasteiger charge is -2.23.